The summed E-state index contributed by atoms with van der Waals surface area (Å²) >= 11 is 1.75. The van der Waals surface area contributed by atoms with Gasteiger partial charge in [0.25, 0.3) is 0 Å². The van der Waals surface area contributed by atoms with Crippen LogP contribution in [0, 0.1) is 6.92 Å². The maximum absolute atomic E-state index is 5.93. The lowest BCUT2D eigenvalue weighted by atomic mass is 10.3. The van der Waals surface area contributed by atoms with Crippen LogP contribution in [0.3, 0.4) is 0 Å². The van der Waals surface area contributed by atoms with Crippen LogP contribution >= 0.6 is 11.8 Å². The molecule has 2 N–H and O–H groups in total. The lowest BCUT2D eigenvalue weighted by Gasteiger charge is -2.09. The molecule has 1 heterocycles. The molecule has 1 aliphatic carbocycles. The van der Waals surface area contributed by atoms with E-state index in [0.29, 0.717) is 11.7 Å². The summed E-state index contributed by atoms with van der Waals surface area (Å²) in [5.41, 5.74) is 6.94. The number of aromatic nitrogens is 2. The van der Waals surface area contributed by atoms with E-state index >= 15 is 0 Å². The molecule has 0 radical (unpaired) electrons. The minimum Gasteiger partial charge on any atom is -0.385 e. The van der Waals surface area contributed by atoms with Crippen LogP contribution in [0.25, 0.3) is 0 Å². The lowest BCUT2D eigenvalue weighted by molar-refractivity contribution is 0.200. The van der Waals surface area contributed by atoms with Crippen LogP contribution in [-0.2, 0) is 4.74 Å². The molecule has 1 fully saturated rings. The number of anilines is 1. The lowest BCUT2D eigenvalue weighted by Crippen LogP contribution is -2.04. The van der Waals surface area contributed by atoms with Crippen molar-refractivity contribution in [2.24, 2.45) is 0 Å². The summed E-state index contributed by atoms with van der Waals surface area (Å²) in [4.78, 5) is 8.99. The predicted octanol–water partition coefficient (Wildman–Crippen LogP) is 2.37. The first-order valence-corrected chi connectivity index (χ1v) is 6.96. The van der Waals surface area contributed by atoms with Gasteiger partial charge in [0.1, 0.15) is 16.7 Å². The van der Waals surface area contributed by atoms with Crippen LogP contribution in [0.4, 0.5) is 5.82 Å². The van der Waals surface area contributed by atoms with Crippen molar-refractivity contribution in [1.82, 2.24) is 9.97 Å². The zero-order valence-electron chi connectivity index (χ0n) is 10.4. The molecule has 0 aliphatic heterocycles. The standard InChI is InChI=1S/C12H19N3OS/c1-8-10(13)14-11(9-4-5-9)15-12(8)17-7-3-6-16-2/h9H,3-7H2,1-2H3,(H2,13,14,15). The van der Waals surface area contributed by atoms with Gasteiger partial charge in [-0.15, -0.1) is 11.8 Å². The number of ether oxygens (including phenoxy) is 1. The van der Waals surface area contributed by atoms with Crippen molar-refractivity contribution in [3.8, 4) is 0 Å². The van der Waals surface area contributed by atoms with E-state index in [2.05, 4.69) is 9.97 Å². The van der Waals surface area contributed by atoms with E-state index in [4.69, 9.17) is 10.5 Å². The van der Waals surface area contributed by atoms with E-state index in [1.165, 1.54) is 12.8 Å². The molecule has 1 aromatic rings. The Morgan fingerprint density at radius 3 is 2.82 bits per heavy atom. The maximum atomic E-state index is 5.93. The van der Waals surface area contributed by atoms with Crippen LogP contribution in [0.2, 0.25) is 0 Å². The van der Waals surface area contributed by atoms with Crippen molar-refractivity contribution in [3.05, 3.63) is 11.4 Å². The second-order valence-electron chi connectivity index (χ2n) is 4.37. The molecule has 0 spiro atoms. The molecule has 94 valence electrons. The monoisotopic (exact) mass is 253 g/mol. The third-order valence-electron chi connectivity index (χ3n) is 2.83. The van der Waals surface area contributed by atoms with Gasteiger partial charge in [-0.1, -0.05) is 0 Å². The fourth-order valence-corrected chi connectivity index (χ4v) is 2.50. The molecule has 2 rings (SSSR count). The van der Waals surface area contributed by atoms with Gasteiger partial charge in [0.15, 0.2) is 0 Å². The Balaban J connectivity index is 2.03. The smallest absolute Gasteiger partial charge is 0.135 e. The van der Waals surface area contributed by atoms with Crippen molar-refractivity contribution in [3.63, 3.8) is 0 Å². The summed E-state index contributed by atoms with van der Waals surface area (Å²) in [5.74, 6) is 3.13. The molecule has 0 amide bonds. The normalized spacial score (nSPS) is 15.2. The molecule has 0 atom stereocenters. The Morgan fingerprint density at radius 1 is 1.41 bits per heavy atom. The Morgan fingerprint density at radius 2 is 2.18 bits per heavy atom. The summed E-state index contributed by atoms with van der Waals surface area (Å²) < 4.78 is 5.03. The molecule has 1 aromatic heterocycles. The molecule has 1 saturated carbocycles. The highest BCUT2D eigenvalue weighted by Gasteiger charge is 2.27. The van der Waals surface area contributed by atoms with Crippen molar-refractivity contribution in [2.75, 3.05) is 25.2 Å². The maximum Gasteiger partial charge on any atom is 0.135 e. The molecule has 5 heteroatoms. The summed E-state index contributed by atoms with van der Waals surface area (Å²) in [7, 11) is 1.73. The molecular formula is C12H19N3OS. The first-order chi connectivity index (χ1) is 8.22. The number of rotatable bonds is 6. The Bertz CT molecular complexity index is 394. The Kier molecular flexibility index (Phi) is 4.23. The van der Waals surface area contributed by atoms with Crippen molar-refractivity contribution >= 4 is 17.6 Å². The highest BCUT2D eigenvalue weighted by Crippen LogP contribution is 2.39. The molecule has 0 unspecified atom stereocenters. The number of nitrogen functional groups attached to an aromatic ring is 1. The molecule has 1 aliphatic rings. The van der Waals surface area contributed by atoms with Gasteiger partial charge in [-0.3, -0.25) is 0 Å². The van der Waals surface area contributed by atoms with Gasteiger partial charge < -0.3 is 10.5 Å². The van der Waals surface area contributed by atoms with Gasteiger partial charge in [-0.05, 0) is 26.2 Å². The average Bonchev–Trinajstić information content (AvgIpc) is 3.13. The van der Waals surface area contributed by atoms with E-state index < -0.39 is 0 Å². The molecular weight excluding hydrogens is 234 g/mol. The largest absolute Gasteiger partial charge is 0.385 e. The second-order valence-corrected chi connectivity index (χ2v) is 5.45. The van der Waals surface area contributed by atoms with E-state index in [9.17, 15) is 0 Å². The number of thioether (sulfide) groups is 1. The fourth-order valence-electron chi connectivity index (χ4n) is 1.57. The van der Waals surface area contributed by atoms with Crippen LogP contribution in [0.1, 0.15) is 36.6 Å². The SMILES string of the molecule is COCCCSc1nc(C2CC2)nc(N)c1C. The number of hydrogen-bond acceptors (Lipinski definition) is 5. The van der Waals surface area contributed by atoms with Crippen molar-refractivity contribution in [2.45, 2.75) is 37.1 Å². The zero-order valence-corrected chi connectivity index (χ0v) is 11.2. The molecule has 0 bridgehead atoms. The topological polar surface area (TPSA) is 61.0 Å². The van der Waals surface area contributed by atoms with Gasteiger partial charge in [0.05, 0.1) is 0 Å². The molecule has 17 heavy (non-hydrogen) atoms. The van der Waals surface area contributed by atoms with Gasteiger partial charge in [0, 0.05) is 31.0 Å². The third kappa shape index (κ3) is 3.33. The van der Waals surface area contributed by atoms with Gasteiger partial charge in [0.2, 0.25) is 0 Å². The molecule has 4 nitrogen and oxygen atoms in total. The molecule has 0 saturated heterocycles. The van der Waals surface area contributed by atoms with Gasteiger partial charge >= 0.3 is 0 Å². The van der Waals surface area contributed by atoms with E-state index in [1.54, 1.807) is 18.9 Å². The Hall–Kier alpha value is -0.810. The van der Waals surface area contributed by atoms with Gasteiger partial charge in [-0.25, -0.2) is 9.97 Å². The summed E-state index contributed by atoms with van der Waals surface area (Å²) in [5, 5.41) is 1.04. The summed E-state index contributed by atoms with van der Waals surface area (Å²) in [6.07, 6.45) is 3.44. The van der Waals surface area contributed by atoms with Crippen molar-refractivity contribution < 1.29 is 4.74 Å². The first kappa shape index (κ1) is 12.6. The van der Waals surface area contributed by atoms with E-state index in [1.807, 2.05) is 6.92 Å². The summed E-state index contributed by atoms with van der Waals surface area (Å²) in [6.45, 7) is 2.78. The van der Waals surface area contributed by atoms with E-state index in [-0.39, 0.29) is 0 Å². The van der Waals surface area contributed by atoms with E-state index in [0.717, 1.165) is 35.2 Å². The minimum atomic E-state index is 0.552. The Labute approximate surface area is 106 Å². The third-order valence-corrected chi connectivity index (χ3v) is 3.99. The number of nitrogens with two attached hydrogens (primary N) is 1. The second kappa shape index (κ2) is 5.69. The number of hydrogen-bond donors (Lipinski definition) is 1. The number of methoxy groups -OCH3 is 1. The van der Waals surface area contributed by atoms with Crippen LogP contribution in [0.15, 0.2) is 5.03 Å². The summed E-state index contributed by atoms with van der Waals surface area (Å²) in [6, 6.07) is 0. The quantitative estimate of drug-likeness (QED) is 0.479. The number of nitrogens with zero attached hydrogens (tertiary/aromatic N) is 2. The minimum absolute atomic E-state index is 0.552. The zero-order chi connectivity index (χ0) is 12.3. The van der Waals surface area contributed by atoms with Crippen molar-refractivity contribution in [1.29, 1.82) is 0 Å². The fraction of sp³-hybridized carbons (Fsp3) is 0.667. The van der Waals surface area contributed by atoms with Gasteiger partial charge in [-0.2, -0.15) is 0 Å². The predicted molar refractivity (Wildman–Crippen MR) is 70.4 cm³/mol. The van der Waals surface area contributed by atoms with Crippen LogP contribution in [-0.4, -0.2) is 29.4 Å². The highest BCUT2D eigenvalue weighted by atomic mass is 32.2. The van der Waals surface area contributed by atoms with Crippen LogP contribution in [0.5, 0.6) is 0 Å². The molecule has 0 aromatic carbocycles. The first-order valence-electron chi connectivity index (χ1n) is 5.98. The average molecular weight is 253 g/mol. The van der Waals surface area contributed by atoms with Crippen LogP contribution < -0.4 is 5.73 Å². The highest BCUT2D eigenvalue weighted by molar-refractivity contribution is 7.99.